The molecule has 0 unspecified atom stereocenters. The normalized spacial score (nSPS) is 17.4. The molecule has 1 aliphatic heterocycles. The molecule has 1 aliphatic rings. The molecular formula is C19H24N8O2S. The van der Waals surface area contributed by atoms with E-state index in [1.807, 2.05) is 12.1 Å². The second-order valence-corrected chi connectivity index (χ2v) is 9.53. The lowest BCUT2D eigenvalue weighted by Gasteiger charge is -2.37. The lowest BCUT2D eigenvalue weighted by molar-refractivity contribution is 0.201. The van der Waals surface area contributed by atoms with E-state index in [-0.39, 0.29) is 4.90 Å². The molecule has 4 rings (SSSR count). The van der Waals surface area contributed by atoms with Gasteiger partial charge in [0.05, 0.1) is 17.1 Å². The Bertz CT molecular complexity index is 1090. The van der Waals surface area contributed by atoms with E-state index in [1.165, 1.54) is 6.26 Å². The molecule has 0 N–H and O–H groups in total. The van der Waals surface area contributed by atoms with Gasteiger partial charge in [0.25, 0.3) is 0 Å². The van der Waals surface area contributed by atoms with E-state index in [9.17, 15) is 8.42 Å². The van der Waals surface area contributed by atoms with Crippen LogP contribution in [-0.4, -0.2) is 76.2 Å². The standard InChI is InChI=1S/C19H24N8O2S/c1-25(16-5-4-12-26(13-16)18-6-3-11-20-21-18)14-19-22-23-24-27(19)15-7-9-17(10-8-15)30(2,28)29/h3,6-11,16H,4-5,12-14H2,1-2H3/t16-/m0/s1. The van der Waals surface area contributed by atoms with Crippen molar-refractivity contribution in [1.29, 1.82) is 0 Å². The first-order valence-electron chi connectivity index (χ1n) is 9.72. The van der Waals surface area contributed by atoms with Crippen molar-refractivity contribution in [3.05, 3.63) is 48.4 Å². The molecule has 0 aliphatic carbocycles. The molecule has 10 nitrogen and oxygen atoms in total. The Labute approximate surface area is 175 Å². The van der Waals surface area contributed by atoms with Crippen LogP contribution in [0.2, 0.25) is 0 Å². The molecular weight excluding hydrogens is 404 g/mol. The highest BCUT2D eigenvalue weighted by atomic mass is 32.2. The second kappa shape index (κ2) is 8.44. The summed E-state index contributed by atoms with van der Waals surface area (Å²) in [6, 6.07) is 10.8. The molecule has 1 saturated heterocycles. The maximum Gasteiger partial charge on any atom is 0.175 e. The maximum absolute atomic E-state index is 11.7. The Hall–Kier alpha value is -2.92. The summed E-state index contributed by atoms with van der Waals surface area (Å²) in [4.78, 5) is 4.77. The molecule has 11 heteroatoms. The first-order valence-corrected chi connectivity index (χ1v) is 11.6. The zero-order chi connectivity index (χ0) is 21.1. The third-order valence-corrected chi connectivity index (χ3v) is 6.46. The van der Waals surface area contributed by atoms with Crippen LogP contribution in [0.4, 0.5) is 5.82 Å². The van der Waals surface area contributed by atoms with Gasteiger partial charge in [-0.25, -0.2) is 8.42 Å². The van der Waals surface area contributed by atoms with Gasteiger partial charge >= 0.3 is 0 Å². The lowest BCUT2D eigenvalue weighted by Crippen LogP contribution is -2.46. The van der Waals surface area contributed by atoms with Gasteiger partial charge in [0, 0.05) is 31.6 Å². The van der Waals surface area contributed by atoms with Gasteiger partial charge in [-0.2, -0.15) is 9.78 Å². The fourth-order valence-corrected chi connectivity index (χ4v) is 4.31. The summed E-state index contributed by atoms with van der Waals surface area (Å²) in [7, 11) is -1.18. The van der Waals surface area contributed by atoms with E-state index < -0.39 is 9.84 Å². The fourth-order valence-electron chi connectivity index (χ4n) is 3.68. The number of hydrogen-bond acceptors (Lipinski definition) is 9. The van der Waals surface area contributed by atoms with Crippen LogP contribution in [0.3, 0.4) is 0 Å². The number of hydrogen-bond donors (Lipinski definition) is 0. The first kappa shape index (κ1) is 20.4. The highest BCUT2D eigenvalue weighted by molar-refractivity contribution is 7.90. The number of aromatic nitrogens is 6. The zero-order valence-electron chi connectivity index (χ0n) is 17.0. The van der Waals surface area contributed by atoms with Crippen LogP contribution in [0, 0.1) is 0 Å². The minimum Gasteiger partial charge on any atom is -0.354 e. The van der Waals surface area contributed by atoms with Crippen molar-refractivity contribution in [2.45, 2.75) is 30.3 Å². The van der Waals surface area contributed by atoms with Crippen molar-refractivity contribution >= 4 is 15.7 Å². The van der Waals surface area contributed by atoms with E-state index in [0.29, 0.717) is 18.4 Å². The third-order valence-electron chi connectivity index (χ3n) is 5.34. The molecule has 0 spiro atoms. The Morgan fingerprint density at radius 3 is 2.67 bits per heavy atom. The summed E-state index contributed by atoms with van der Waals surface area (Å²) in [5.41, 5.74) is 0.723. The summed E-state index contributed by atoms with van der Waals surface area (Å²) in [5.74, 6) is 1.59. The topological polar surface area (TPSA) is 110 Å². The molecule has 0 radical (unpaired) electrons. The van der Waals surface area contributed by atoms with E-state index in [0.717, 1.165) is 37.4 Å². The van der Waals surface area contributed by atoms with Crippen LogP contribution < -0.4 is 4.90 Å². The molecule has 0 amide bonds. The lowest BCUT2D eigenvalue weighted by atomic mass is 10.0. The Balaban J connectivity index is 1.47. The largest absolute Gasteiger partial charge is 0.354 e. The van der Waals surface area contributed by atoms with Crippen LogP contribution >= 0.6 is 0 Å². The summed E-state index contributed by atoms with van der Waals surface area (Å²) < 4.78 is 25.0. The van der Waals surface area contributed by atoms with Gasteiger partial charge in [-0.05, 0) is 66.7 Å². The molecule has 158 valence electrons. The minimum absolute atomic E-state index is 0.268. The van der Waals surface area contributed by atoms with Crippen LogP contribution in [0.25, 0.3) is 5.69 Å². The van der Waals surface area contributed by atoms with Crippen molar-refractivity contribution in [2.75, 3.05) is 31.3 Å². The monoisotopic (exact) mass is 428 g/mol. The van der Waals surface area contributed by atoms with Gasteiger partial charge < -0.3 is 4.90 Å². The average molecular weight is 429 g/mol. The summed E-state index contributed by atoms with van der Waals surface area (Å²) in [5, 5.41) is 20.3. The number of tetrazole rings is 1. The molecule has 0 bridgehead atoms. The third kappa shape index (κ3) is 4.46. The quantitative estimate of drug-likeness (QED) is 0.567. The Morgan fingerprint density at radius 2 is 1.97 bits per heavy atom. The fraction of sp³-hybridized carbons (Fsp3) is 0.421. The van der Waals surface area contributed by atoms with Crippen LogP contribution in [0.5, 0.6) is 0 Å². The van der Waals surface area contributed by atoms with E-state index >= 15 is 0 Å². The van der Waals surface area contributed by atoms with Crippen LogP contribution in [0.1, 0.15) is 18.7 Å². The Morgan fingerprint density at radius 1 is 1.17 bits per heavy atom. The Kier molecular flexibility index (Phi) is 5.73. The van der Waals surface area contributed by atoms with Crippen LogP contribution in [0.15, 0.2) is 47.5 Å². The number of benzene rings is 1. The van der Waals surface area contributed by atoms with Gasteiger partial charge in [-0.3, -0.25) is 4.90 Å². The number of likely N-dealkylation sites (N-methyl/N-ethyl adjacent to an activating group) is 1. The summed E-state index contributed by atoms with van der Waals surface area (Å²) in [6.07, 6.45) is 5.02. The zero-order valence-corrected chi connectivity index (χ0v) is 17.8. The molecule has 1 atom stereocenters. The van der Waals surface area contributed by atoms with Crippen molar-refractivity contribution in [2.24, 2.45) is 0 Å². The van der Waals surface area contributed by atoms with E-state index in [1.54, 1.807) is 35.1 Å². The van der Waals surface area contributed by atoms with Crippen molar-refractivity contribution in [1.82, 2.24) is 35.3 Å². The van der Waals surface area contributed by atoms with Gasteiger partial charge in [0.15, 0.2) is 21.5 Å². The SMILES string of the molecule is CN(Cc1nnnn1-c1ccc(S(C)(=O)=O)cc1)[C@H]1CCCN(c2cccnn2)C1. The molecule has 30 heavy (non-hydrogen) atoms. The predicted octanol–water partition coefficient (Wildman–Crippen LogP) is 0.957. The maximum atomic E-state index is 11.7. The molecule has 0 saturated carbocycles. The number of piperidine rings is 1. The predicted molar refractivity (Wildman–Crippen MR) is 111 cm³/mol. The summed E-state index contributed by atoms with van der Waals surface area (Å²) >= 11 is 0. The molecule has 2 aromatic heterocycles. The number of anilines is 1. The van der Waals surface area contributed by atoms with E-state index in [4.69, 9.17) is 0 Å². The smallest absolute Gasteiger partial charge is 0.175 e. The average Bonchev–Trinajstić information content (AvgIpc) is 3.22. The van der Waals surface area contributed by atoms with Crippen molar-refractivity contribution in [3.63, 3.8) is 0 Å². The molecule has 3 heterocycles. The number of rotatable bonds is 6. The summed E-state index contributed by atoms with van der Waals surface area (Å²) in [6.45, 7) is 2.40. The second-order valence-electron chi connectivity index (χ2n) is 7.51. The first-order chi connectivity index (χ1) is 14.4. The number of nitrogens with zero attached hydrogens (tertiary/aromatic N) is 8. The highest BCUT2D eigenvalue weighted by Gasteiger charge is 2.25. The number of sulfone groups is 1. The van der Waals surface area contributed by atoms with Gasteiger partial charge in [0.2, 0.25) is 0 Å². The van der Waals surface area contributed by atoms with E-state index in [2.05, 4.69) is 42.6 Å². The minimum atomic E-state index is -3.24. The molecule has 1 aromatic carbocycles. The van der Waals surface area contributed by atoms with Crippen LogP contribution in [-0.2, 0) is 16.4 Å². The van der Waals surface area contributed by atoms with Gasteiger partial charge in [-0.1, -0.05) is 0 Å². The van der Waals surface area contributed by atoms with Gasteiger partial charge in [-0.15, -0.1) is 10.2 Å². The van der Waals surface area contributed by atoms with Crippen molar-refractivity contribution < 1.29 is 8.42 Å². The van der Waals surface area contributed by atoms with Gasteiger partial charge in [0.1, 0.15) is 0 Å². The van der Waals surface area contributed by atoms with Crippen molar-refractivity contribution in [3.8, 4) is 5.69 Å². The molecule has 1 fully saturated rings. The molecule has 3 aromatic rings. The highest BCUT2D eigenvalue weighted by Crippen LogP contribution is 2.21.